The molecule has 1 saturated heterocycles. The van der Waals surface area contributed by atoms with E-state index in [0.29, 0.717) is 10.6 Å². The van der Waals surface area contributed by atoms with E-state index in [9.17, 15) is 22.0 Å². The normalized spacial score (nSPS) is 20.3. The van der Waals surface area contributed by atoms with Crippen molar-refractivity contribution < 1.29 is 26.7 Å². The smallest absolute Gasteiger partial charge is 0.314 e. The van der Waals surface area contributed by atoms with Crippen LogP contribution in [-0.2, 0) is 19.6 Å². The number of hydrogen-bond acceptors (Lipinski definition) is 4. The first-order chi connectivity index (χ1) is 12.1. The van der Waals surface area contributed by atoms with E-state index in [1.165, 1.54) is 0 Å². The van der Waals surface area contributed by atoms with E-state index in [1.54, 1.807) is 25.1 Å². The Morgan fingerprint density at radius 3 is 2.31 bits per heavy atom. The van der Waals surface area contributed by atoms with Gasteiger partial charge in [0.1, 0.15) is 11.6 Å². The van der Waals surface area contributed by atoms with Gasteiger partial charge in [-0.05, 0) is 41.8 Å². The number of nitrogens with two attached hydrogens (primary N) is 1. The topological polar surface area (TPSA) is 86.5 Å². The fraction of sp³-hybridized carbons (Fsp3) is 0.235. The number of halogens is 3. The molecule has 1 aliphatic heterocycles. The fourth-order valence-corrected chi connectivity index (χ4v) is 3.90. The van der Waals surface area contributed by atoms with Crippen LogP contribution in [0.25, 0.3) is 0 Å². The number of hydrogen-bond donors (Lipinski definition) is 1. The molecule has 0 amide bonds. The molecule has 26 heavy (non-hydrogen) atoms. The summed E-state index contributed by atoms with van der Waals surface area (Å²) in [7, 11) is -4.56. The molecule has 2 aromatic rings. The summed E-state index contributed by atoms with van der Waals surface area (Å²) < 4.78 is 56.0. The molecule has 1 heterocycles. The average molecular weight is 402 g/mol. The minimum atomic E-state index is -4.56. The maximum Gasteiger partial charge on any atom is 0.314 e. The predicted octanol–water partition coefficient (Wildman–Crippen LogP) is 3.00. The SMILES string of the molecule is Cc1ccc(C2C(=O)OCC2c2cc(F)c(S(N)(=O)=O)c(F)c2)cc1Cl. The van der Waals surface area contributed by atoms with Crippen molar-refractivity contribution in [2.45, 2.75) is 23.7 Å². The Morgan fingerprint density at radius 2 is 1.77 bits per heavy atom. The monoisotopic (exact) mass is 401 g/mol. The molecule has 2 unspecified atom stereocenters. The molecule has 2 aromatic carbocycles. The van der Waals surface area contributed by atoms with E-state index < -0.39 is 44.4 Å². The molecule has 5 nitrogen and oxygen atoms in total. The number of cyclic esters (lactones) is 1. The zero-order chi connectivity index (χ0) is 19.2. The molecule has 0 aliphatic carbocycles. The minimum Gasteiger partial charge on any atom is -0.465 e. The van der Waals surface area contributed by atoms with Crippen molar-refractivity contribution in [1.82, 2.24) is 0 Å². The van der Waals surface area contributed by atoms with Gasteiger partial charge >= 0.3 is 5.97 Å². The van der Waals surface area contributed by atoms with Gasteiger partial charge in [0.25, 0.3) is 0 Å². The van der Waals surface area contributed by atoms with E-state index in [4.69, 9.17) is 21.5 Å². The summed E-state index contributed by atoms with van der Waals surface area (Å²) in [5.41, 5.74) is 1.46. The highest BCUT2D eigenvalue weighted by atomic mass is 35.5. The number of benzene rings is 2. The number of carbonyl (C=O) groups excluding carboxylic acids is 1. The Labute approximate surface area is 153 Å². The Bertz CT molecular complexity index is 987. The quantitative estimate of drug-likeness (QED) is 0.801. The summed E-state index contributed by atoms with van der Waals surface area (Å²) in [6.07, 6.45) is 0. The molecule has 0 spiro atoms. The summed E-state index contributed by atoms with van der Waals surface area (Å²) in [5.74, 6) is -4.69. The molecule has 0 radical (unpaired) electrons. The zero-order valence-corrected chi connectivity index (χ0v) is 15.1. The van der Waals surface area contributed by atoms with Gasteiger partial charge in [-0.3, -0.25) is 4.79 Å². The van der Waals surface area contributed by atoms with Crippen LogP contribution in [-0.4, -0.2) is 21.0 Å². The lowest BCUT2D eigenvalue weighted by atomic mass is 9.83. The molecule has 2 atom stereocenters. The van der Waals surface area contributed by atoms with Gasteiger partial charge < -0.3 is 4.74 Å². The molecule has 0 saturated carbocycles. The van der Waals surface area contributed by atoms with E-state index >= 15 is 0 Å². The van der Waals surface area contributed by atoms with Gasteiger partial charge in [-0.2, -0.15) is 0 Å². The highest BCUT2D eigenvalue weighted by molar-refractivity contribution is 7.89. The van der Waals surface area contributed by atoms with Crippen LogP contribution in [0, 0.1) is 18.6 Å². The van der Waals surface area contributed by atoms with Crippen LogP contribution in [0.3, 0.4) is 0 Å². The summed E-state index contributed by atoms with van der Waals surface area (Å²) in [6, 6.07) is 6.74. The Hall–Kier alpha value is -2.03. The van der Waals surface area contributed by atoms with Crippen LogP contribution >= 0.6 is 11.6 Å². The van der Waals surface area contributed by atoms with Crippen molar-refractivity contribution in [3.8, 4) is 0 Å². The second-order valence-electron chi connectivity index (χ2n) is 6.08. The van der Waals surface area contributed by atoms with Gasteiger partial charge in [-0.1, -0.05) is 23.7 Å². The fourth-order valence-electron chi connectivity index (χ4n) is 3.05. The second-order valence-corrected chi connectivity index (χ2v) is 7.99. The van der Waals surface area contributed by atoms with Gasteiger partial charge in [-0.25, -0.2) is 22.3 Å². The van der Waals surface area contributed by atoms with Gasteiger partial charge in [0.05, 0.1) is 12.5 Å². The number of primary sulfonamides is 1. The van der Waals surface area contributed by atoms with Crippen molar-refractivity contribution in [3.05, 3.63) is 63.7 Å². The molecule has 138 valence electrons. The van der Waals surface area contributed by atoms with Crippen molar-refractivity contribution in [2.24, 2.45) is 5.14 Å². The molecule has 3 rings (SSSR count). The molecule has 1 aliphatic rings. The molecule has 2 N–H and O–H groups in total. The van der Waals surface area contributed by atoms with E-state index in [1.807, 2.05) is 0 Å². The summed E-state index contributed by atoms with van der Waals surface area (Å²) in [4.78, 5) is 11.0. The van der Waals surface area contributed by atoms with Crippen LogP contribution < -0.4 is 5.14 Å². The lowest BCUT2D eigenvalue weighted by molar-refractivity contribution is -0.139. The average Bonchev–Trinajstić information content (AvgIpc) is 2.89. The van der Waals surface area contributed by atoms with Crippen molar-refractivity contribution in [1.29, 1.82) is 0 Å². The number of aryl methyl sites for hydroxylation is 1. The minimum absolute atomic E-state index is 0.0946. The summed E-state index contributed by atoms with van der Waals surface area (Å²) in [5, 5.41) is 5.28. The van der Waals surface area contributed by atoms with Crippen molar-refractivity contribution in [3.63, 3.8) is 0 Å². The lowest BCUT2D eigenvalue weighted by Gasteiger charge is -2.17. The Kier molecular flexibility index (Phi) is 4.76. The highest BCUT2D eigenvalue weighted by Gasteiger charge is 2.40. The first kappa shape index (κ1) is 18.8. The van der Waals surface area contributed by atoms with Crippen LogP contribution in [0.2, 0.25) is 5.02 Å². The highest BCUT2D eigenvalue weighted by Crippen LogP contribution is 2.41. The van der Waals surface area contributed by atoms with Gasteiger partial charge in [0.2, 0.25) is 10.0 Å². The molecule has 0 bridgehead atoms. The molecular formula is C17H14ClF2NO4S. The van der Waals surface area contributed by atoms with Crippen LogP contribution in [0.5, 0.6) is 0 Å². The van der Waals surface area contributed by atoms with Crippen molar-refractivity contribution >= 4 is 27.6 Å². The second kappa shape index (κ2) is 6.61. The first-order valence-electron chi connectivity index (χ1n) is 7.54. The third-order valence-electron chi connectivity index (χ3n) is 4.35. The Balaban J connectivity index is 2.08. The molecule has 1 fully saturated rings. The number of rotatable bonds is 3. The maximum atomic E-state index is 14.2. The number of esters is 1. The molecule has 9 heteroatoms. The first-order valence-corrected chi connectivity index (χ1v) is 9.46. The summed E-state index contributed by atoms with van der Waals surface area (Å²) >= 11 is 6.10. The number of ether oxygens (including phenoxy) is 1. The third-order valence-corrected chi connectivity index (χ3v) is 5.72. The molecule has 0 aromatic heterocycles. The lowest BCUT2D eigenvalue weighted by Crippen LogP contribution is -2.18. The van der Waals surface area contributed by atoms with Crippen LogP contribution in [0.15, 0.2) is 35.2 Å². The molecular weight excluding hydrogens is 388 g/mol. The van der Waals surface area contributed by atoms with E-state index in [2.05, 4.69) is 0 Å². The van der Waals surface area contributed by atoms with E-state index in [0.717, 1.165) is 17.7 Å². The largest absolute Gasteiger partial charge is 0.465 e. The standard InChI is InChI=1S/C17H14ClF2NO4S/c1-8-2-3-9(4-12(8)18)15-11(7-25-17(15)22)10-5-13(19)16(14(20)6-10)26(21,23)24/h2-6,11,15H,7H2,1H3,(H2,21,23,24). The van der Waals surface area contributed by atoms with E-state index in [-0.39, 0.29) is 12.2 Å². The van der Waals surface area contributed by atoms with Gasteiger partial charge in [0.15, 0.2) is 4.90 Å². The number of carbonyl (C=O) groups is 1. The zero-order valence-electron chi connectivity index (χ0n) is 13.5. The van der Waals surface area contributed by atoms with Crippen LogP contribution in [0.1, 0.15) is 28.5 Å². The van der Waals surface area contributed by atoms with Gasteiger partial charge in [0, 0.05) is 10.9 Å². The third kappa shape index (κ3) is 3.32. The summed E-state index contributed by atoms with van der Waals surface area (Å²) in [6.45, 7) is 1.70. The van der Waals surface area contributed by atoms with Crippen molar-refractivity contribution in [2.75, 3.05) is 6.61 Å². The van der Waals surface area contributed by atoms with Gasteiger partial charge in [-0.15, -0.1) is 0 Å². The Morgan fingerprint density at radius 1 is 1.15 bits per heavy atom. The van der Waals surface area contributed by atoms with Crippen LogP contribution in [0.4, 0.5) is 8.78 Å². The number of sulfonamides is 1. The maximum absolute atomic E-state index is 14.2. The predicted molar refractivity (Wildman–Crippen MR) is 90.4 cm³/mol.